The molecule has 1 atom stereocenters. The summed E-state index contributed by atoms with van der Waals surface area (Å²) in [6, 6.07) is 31.5. The topological polar surface area (TPSA) is 65.0 Å². The fourth-order valence-corrected chi connectivity index (χ4v) is 4.72. The van der Waals surface area contributed by atoms with Crippen LogP contribution in [-0.4, -0.2) is 23.8 Å². The first kappa shape index (κ1) is 25.4. The van der Waals surface area contributed by atoms with Gasteiger partial charge in [-0.05, 0) is 78.8 Å². The lowest BCUT2D eigenvalue weighted by molar-refractivity contribution is 0.0697. The molecule has 38 heavy (non-hydrogen) atoms. The van der Waals surface area contributed by atoms with E-state index < -0.39 is 5.97 Å². The van der Waals surface area contributed by atoms with Crippen molar-refractivity contribution in [1.82, 2.24) is 0 Å². The molecule has 0 fully saturated rings. The van der Waals surface area contributed by atoms with E-state index in [2.05, 4.69) is 48.5 Å². The number of hydrogen-bond acceptors (Lipinski definition) is 4. The van der Waals surface area contributed by atoms with E-state index in [4.69, 9.17) is 19.3 Å². The van der Waals surface area contributed by atoms with Gasteiger partial charge in [-0.1, -0.05) is 60.7 Å². The summed E-state index contributed by atoms with van der Waals surface area (Å²) in [5, 5.41) is 9.06. The minimum absolute atomic E-state index is 0.166. The second kappa shape index (κ2) is 12.3. The van der Waals surface area contributed by atoms with Crippen molar-refractivity contribution in [3.63, 3.8) is 0 Å². The minimum Gasteiger partial charge on any atom is -0.494 e. The van der Waals surface area contributed by atoms with Gasteiger partial charge >= 0.3 is 5.97 Å². The summed E-state index contributed by atoms with van der Waals surface area (Å²) in [6.07, 6.45) is 4.59. The van der Waals surface area contributed by atoms with Crippen molar-refractivity contribution in [3.8, 4) is 17.2 Å². The summed E-state index contributed by atoms with van der Waals surface area (Å²) in [7, 11) is 0. The second-order valence-corrected chi connectivity index (χ2v) is 9.59. The highest BCUT2D eigenvalue weighted by Gasteiger charge is 2.25. The number of carbonyl (C=O) groups is 1. The van der Waals surface area contributed by atoms with Crippen LogP contribution >= 0.6 is 0 Å². The first-order chi connectivity index (χ1) is 18.6. The Labute approximate surface area is 223 Å². The van der Waals surface area contributed by atoms with Crippen molar-refractivity contribution in [3.05, 3.63) is 125 Å². The fourth-order valence-electron chi connectivity index (χ4n) is 4.72. The number of aromatic carboxylic acids is 1. The molecule has 0 saturated heterocycles. The minimum atomic E-state index is -0.944. The second-order valence-electron chi connectivity index (χ2n) is 9.59. The summed E-state index contributed by atoms with van der Waals surface area (Å²) in [5.74, 6) is 1.57. The Bertz CT molecular complexity index is 1330. The van der Waals surface area contributed by atoms with Crippen LogP contribution < -0.4 is 14.2 Å². The van der Waals surface area contributed by atoms with Gasteiger partial charge in [-0.25, -0.2) is 4.79 Å². The van der Waals surface area contributed by atoms with E-state index in [1.165, 1.54) is 11.1 Å². The van der Waals surface area contributed by atoms with Crippen molar-refractivity contribution in [1.29, 1.82) is 0 Å². The average molecular weight is 509 g/mol. The van der Waals surface area contributed by atoms with Crippen LogP contribution in [0.1, 0.15) is 45.5 Å². The van der Waals surface area contributed by atoms with Crippen molar-refractivity contribution >= 4 is 5.97 Å². The number of fused-ring (bicyclic) bond motifs is 1. The highest BCUT2D eigenvalue weighted by Crippen LogP contribution is 2.37. The Morgan fingerprint density at radius 2 is 1.55 bits per heavy atom. The molecular formula is C33H32O5. The van der Waals surface area contributed by atoms with E-state index in [1.54, 1.807) is 24.3 Å². The molecule has 0 saturated carbocycles. The van der Waals surface area contributed by atoms with E-state index >= 15 is 0 Å². The summed E-state index contributed by atoms with van der Waals surface area (Å²) in [5.41, 5.74) is 5.01. The van der Waals surface area contributed by atoms with Crippen molar-refractivity contribution in [2.75, 3.05) is 6.61 Å². The number of carboxylic acid groups (broad SMARTS) is 1. The monoisotopic (exact) mass is 508 g/mol. The molecule has 1 N–H and O–H groups in total. The molecule has 1 unspecified atom stereocenters. The Kier molecular flexibility index (Phi) is 8.24. The molecule has 4 aromatic carbocycles. The molecule has 0 aromatic heterocycles. The summed E-state index contributed by atoms with van der Waals surface area (Å²) in [6.45, 7) is 1.03. The third-order valence-electron chi connectivity index (χ3n) is 6.78. The van der Waals surface area contributed by atoms with E-state index in [-0.39, 0.29) is 11.7 Å². The third kappa shape index (κ3) is 6.74. The van der Waals surface area contributed by atoms with Crippen LogP contribution in [0.2, 0.25) is 0 Å². The van der Waals surface area contributed by atoms with Gasteiger partial charge in [-0.2, -0.15) is 0 Å². The van der Waals surface area contributed by atoms with E-state index in [9.17, 15) is 4.79 Å². The maximum absolute atomic E-state index is 11.0. The van der Waals surface area contributed by atoms with E-state index in [0.29, 0.717) is 19.0 Å². The zero-order chi connectivity index (χ0) is 26.2. The first-order valence-electron chi connectivity index (χ1n) is 13.1. The molecule has 1 aliphatic rings. The maximum Gasteiger partial charge on any atom is 0.335 e. The molecule has 0 radical (unpaired) electrons. The van der Waals surface area contributed by atoms with Gasteiger partial charge < -0.3 is 19.3 Å². The Morgan fingerprint density at radius 1 is 0.842 bits per heavy atom. The molecule has 5 rings (SSSR count). The zero-order valence-electron chi connectivity index (χ0n) is 21.3. The summed E-state index contributed by atoms with van der Waals surface area (Å²) >= 11 is 0. The molecule has 5 heteroatoms. The average Bonchev–Trinajstić information content (AvgIpc) is 3.36. The largest absolute Gasteiger partial charge is 0.494 e. The van der Waals surface area contributed by atoms with Crippen LogP contribution in [0.15, 0.2) is 97.1 Å². The summed E-state index contributed by atoms with van der Waals surface area (Å²) in [4.78, 5) is 11.0. The lowest BCUT2D eigenvalue weighted by Crippen LogP contribution is -2.13. The molecule has 0 bridgehead atoms. The number of rotatable bonds is 12. The standard InChI is InChI=1S/C33H32O5/c34-33(35)26-14-17-29(18-15-26)36-19-7-12-27-21-32-28(22-31(27)37-23-25-10-5-2-6-11-25)20-30(38-32)16-13-24-8-3-1-4-9-24/h1-6,8-11,14-15,17-18,21-22,30H,7,12-13,16,19-20,23H2,(H,34,35). The van der Waals surface area contributed by atoms with Crippen molar-refractivity contribution < 1.29 is 24.1 Å². The van der Waals surface area contributed by atoms with Gasteiger partial charge in [-0.3, -0.25) is 0 Å². The highest BCUT2D eigenvalue weighted by atomic mass is 16.5. The summed E-state index contributed by atoms with van der Waals surface area (Å²) < 4.78 is 18.5. The normalized spacial score (nSPS) is 13.9. The van der Waals surface area contributed by atoms with Crippen LogP contribution in [0.3, 0.4) is 0 Å². The lowest BCUT2D eigenvalue weighted by Gasteiger charge is -2.14. The van der Waals surface area contributed by atoms with Gasteiger partial charge in [0.25, 0.3) is 0 Å². The number of carboxylic acids is 1. The number of aryl methyl sites for hydroxylation is 2. The smallest absolute Gasteiger partial charge is 0.335 e. The number of hydrogen-bond donors (Lipinski definition) is 1. The van der Waals surface area contributed by atoms with Gasteiger partial charge in [0, 0.05) is 12.0 Å². The molecular weight excluding hydrogens is 476 g/mol. The molecule has 0 aliphatic carbocycles. The van der Waals surface area contributed by atoms with E-state index in [1.807, 2.05) is 24.3 Å². The quantitative estimate of drug-likeness (QED) is 0.211. The van der Waals surface area contributed by atoms with Crippen LogP contribution in [-0.2, 0) is 25.9 Å². The van der Waals surface area contributed by atoms with Crippen molar-refractivity contribution in [2.24, 2.45) is 0 Å². The van der Waals surface area contributed by atoms with E-state index in [0.717, 1.165) is 54.7 Å². The van der Waals surface area contributed by atoms with Crippen LogP contribution in [0.4, 0.5) is 0 Å². The van der Waals surface area contributed by atoms with Crippen molar-refractivity contribution in [2.45, 2.75) is 44.8 Å². The van der Waals surface area contributed by atoms with Crippen LogP contribution in [0, 0.1) is 0 Å². The Morgan fingerprint density at radius 3 is 2.26 bits per heavy atom. The van der Waals surface area contributed by atoms with Gasteiger partial charge in [-0.15, -0.1) is 0 Å². The van der Waals surface area contributed by atoms with Gasteiger partial charge in [0.1, 0.15) is 30.0 Å². The third-order valence-corrected chi connectivity index (χ3v) is 6.78. The lowest BCUT2D eigenvalue weighted by atomic mass is 10.0. The number of benzene rings is 4. The molecule has 0 amide bonds. The first-order valence-corrected chi connectivity index (χ1v) is 13.1. The molecule has 194 valence electrons. The zero-order valence-corrected chi connectivity index (χ0v) is 21.3. The molecule has 4 aromatic rings. The van der Waals surface area contributed by atoms with Crippen LogP contribution in [0.25, 0.3) is 0 Å². The Balaban J connectivity index is 1.23. The fraction of sp³-hybridized carbons (Fsp3) is 0.242. The molecule has 1 aliphatic heterocycles. The Hall–Kier alpha value is -4.25. The molecule has 5 nitrogen and oxygen atoms in total. The SMILES string of the molecule is O=C(O)c1ccc(OCCCc2cc3c(cc2OCc2ccccc2)CC(CCc2ccccc2)O3)cc1. The van der Waals surface area contributed by atoms with Gasteiger partial charge in [0.05, 0.1) is 12.2 Å². The molecule has 1 heterocycles. The number of ether oxygens (including phenoxy) is 3. The predicted molar refractivity (Wildman–Crippen MR) is 147 cm³/mol. The predicted octanol–water partition coefficient (Wildman–Crippen LogP) is 6.91. The molecule has 0 spiro atoms. The van der Waals surface area contributed by atoms with Gasteiger partial charge in [0.2, 0.25) is 0 Å². The maximum atomic E-state index is 11.0. The highest BCUT2D eigenvalue weighted by molar-refractivity contribution is 5.87. The van der Waals surface area contributed by atoms with Gasteiger partial charge in [0.15, 0.2) is 0 Å². The van der Waals surface area contributed by atoms with Crippen LogP contribution in [0.5, 0.6) is 17.2 Å².